The van der Waals surface area contributed by atoms with E-state index in [1.54, 1.807) is 31.2 Å². The third-order valence-electron chi connectivity index (χ3n) is 5.83. The van der Waals surface area contributed by atoms with Crippen molar-refractivity contribution in [3.8, 4) is 11.3 Å². The molecule has 0 bridgehead atoms. The fraction of sp³-hybridized carbons (Fsp3) is 0.320. The maximum absolute atomic E-state index is 12.8. The van der Waals surface area contributed by atoms with Gasteiger partial charge in [0.1, 0.15) is 4.88 Å². The molecule has 1 aromatic carbocycles. The zero-order valence-electron chi connectivity index (χ0n) is 20.0. The van der Waals surface area contributed by atoms with E-state index >= 15 is 0 Å². The topological polar surface area (TPSA) is 100 Å². The van der Waals surface area contributed by atoms with Crippen molar-refractivity contribution in [1.82, 2.24) is 19.9 Å². The summed E-state index contributed by atoms with van der Waals surface area (Å²) >= 11 is 0.373. The Balaban J connectivity index is 1.35. The van der Waals surface area contributed by atoms with Crippen molar-refractivity contribution in [3.05, 3.63) is 65.4 Å². The van der Waals surface area contributed by atoms with Crippen molar-refractivity contribution < 1.29 is 22.8 Å². The predicted molar refractivity (Wildman–Crippen MR) is 135 cm³/mol. The Hall–Kier alpha value is -3.64. The number of carbonyl (C=O) groups excluding carboxylic acids is 2. The van der Waals surface area contributed by atoms with Crippen LogP contribution in [0.5, 0.6) is 0 Å². The first-order valence-electron chi connectivity index (χ1n) is 11.6. The van der Waals surface area contributed by atoms with E-state index < -0.39 is 22.9 Å². The van der Waals surface area contributed by atoms with Crippen LogP contribution in [0.1, 0.15) is 36.1 Å². The first kappa shape index (κ1) is 26.4. The molecule has 1 aliphatic rings. The molecule has 3 heterocycles. The molecule has 37 heavy (non-hydrogen) atoms. The molecule has 1 atom stereocenters. The zero-order valence-corrected chi connectivity index (χ0v) is 20.8. The predicted octanol–water partition coefficient (Wildman–Crippen LogP) is 4.95. The standard InChI is InChI=1S/C25H25F3N6O2S/c1-16(23(36)33-24-31-14-20(37-24)25(26,27)28)17-6-4-7-18(12-17)19-13-30-21(15-29-19)32-22(35)8-5-11-34-9-2-3-10-34/h4-8,12-16H,2-3,9-11H2,1H3,(H,30,32,35)(H,31,33,36)/b8-5+/t16-/m0/s1. The molecular formula is C25H25F3N6O2S. The molecule has 194 valence electrons. The molecule has 2 amide bonds. The number of likely N-dealkylation sites (tertiary alicyclic amines) is 1. The second kappa shape index (κ2) is 11.6. The van der Waals surface area contributed by atoms with Crippen LogP contribution in [0.25, 0.3) is 11.3 Å². The van der Waals surface area contributed by atoms with E-state index in [0.29, 0.717) is 40.2 Å². The van der Waals surface area contributed by atoms with Gasteiger partial charge in [-0.05, 0) is 44.5 Å². The Morgan fingerprint density at radius 3 is 2.57 bits per heavy atom. The second-order valence-electron chi connectivity index (χ2n) is 8.55. The van der Waals surface area contributed by atoms with Crippen LogP contribution in [-0.4, -0.2) is 51.3 Å². The Bertz CT molecular complexity index is 1270. The lowest BCUT2D eigenvalue weighted by molar-refractivity contribution is -0.134. The van der Waals surface area contributed by atoms with Crippen LogP contribution < -0.4 is 10.6 Å². The number of nitrogens with zero attached hydrogens (tertiary/aromatic N) is 4. The summed E-state index contributed by atoms with van der Waals surface area (Å²) in [5, 5.41) is 5.00. The quantitative estimate of drug-likeness (QED) is 0.400. The number of anilines is 2. The van der Waals surface area contributed by atoms with Gasteiger partial charge >= 0.3 is 6.18 Å². The molecular weight excluding hydrogens is 505 g/mol. The van der Waals surface area contributed by atoms with E-state index in [1.165, 1.54) is 31.3 Å². The summed E-state index contributed by atoms with van der Waals surface area (Å²) in [6, 6.07) is 7.06. The van der Waals surface area contributed by atoms with Crippen LogP contribution in [0.2, 0.25) is 0 Å². The number of alkyl halides is 3. The summed E-state index contributed by atoms with van der Waals surface area (Å²) in [4.78, 5) is 38.4. The molecule has 1 aliphatic heterocycles. The van der Waals surface area contributed by atoms with Gasteiger partial charge in [0.05, 0.1) is 30.2 Å². The van der Waals surface area contributed by atoms with Crippen LogP contribution in [-0.2, 0) is 15.8 Å². The van der Waals surface area contributed by atoms with Crippen molar-refractivity contribution in [2.75, 3.05) is 30.3 Å². The highest BCUT2D eigenvalue weighted by atomic mass is 32.1. The third-order valence-corrected chi connectivity index (χ3v) is 6.78. The zero-order chi connectivity index (χ0) is 26.4. The van der Waals surface area contributed by atoms with E-state index in [0.717, 1.165) is 19.6 Å². The van der Waals surface area contributed by atoms with Crippen LogP contribution in [0.3, 0.4) is 0 Å². The van der Waals surface area contributed by atoms with Gasteiger partial charge in [0.2, 0.25) is 11.8 Å². The summed E-state index contributed by atoms with van der Waals surface area (Å²) in [5.41, 5.74) is 1.87. The van der Waals surface area contributed by atoms with Gasteiger partial charge in [-0.15, -0.1) is 0 Å². The number of aromatic nitrogens is 3. The second-order valence-corrected chi connectivity index (χ2v) is 9.58. The number of halogens is 3. The summed E-state index contributed by atoms with van der Waals surface area (Å²) in [6.07, 6.45) is 4.85. The van der Waals surface area contributed by atoms with Gasteiger partial charge in [-0.1, -0.05) is 35.6 Å². The van der Waals surface area contributed by atoms with Gasteiger partial charge in [-0.25, -0.2) is 9.97 Å². The van der Waals surface area contributed by atoms with Crippen LogP contribution in [0.4, 0.5) is 24.1 Å². The number of hydrogen-bond acceptors (Lipinski definition) is 7. The largest absolute Gasteiger partial charge is 0.427 e. The van der Waals surface area contributed by atoms with Gasteiger partial charge in [0.25, 0.3) is 0 Å². The first-order chi connectivity index (χ1) is 17.7. The Kier molecular flexibility index (Phi) is 8.29. The maximum atomic E-state index is 12.8. The average molecular weight is 531 g/mol. The molecule has 2 N–H and O–H groups in total. The van der Waals surface area contributed by atoms with Crippen molar-refractivity contribution in [1.29, 1.82) is 0 Å². The molecule has 1 saturated heterocycles. The van der Waals surface area contributed by atoms with Crippen LogP contribution >= 0.6 is 11.3 Å². The molecule has 0 radical (unpaired) electrons. The smallest absolute Gasteiger partial charge is 0.306 e. The molecule has 8 nitrogen and oxygen atoms in total. The highest BCUT2D eigenvalue weighted by molar-refractivity contribution is 7.15. The molecule has 0 saturated carbocycles. The number of benzene rings is 1. The van der Waals surface area contributed by atoms with E-state index in [2.05, 4.69) is 30.5 Å². The minimum absolute atomic E-state index is 0.116. The molecule has 0 unspecified atom stereocenters. The molecule has 1 fully saturated rings. The summed E-state index contributed by atoms with van der Waals surface area (Å²) in [6.45, 7) is 4.49. The fourth-order valence-corrected chi connectivity index (χ4v) is 4.47. The lowest BCUT2D eigenvalue weighted by atomic mass is 9.97. The average Bonchev–Trinajstić information content (AvgIpc) is 3.56. The number of thiazole rings is 1. The van der Waals surface area contributed by atoms with Crippen molar-refractivity contribution >= 4 is 34.1 Å². The summed E-state index contributed by atoms with van der Waals surface area (Å²) in [7, 11) is 0. The minimum atomic E-state index is -4.51. The number of nitrogens with one attached hydrogen (secondary N) is 2. The van der Waals surface area contributed by atoms with Gasteiger partial charge in [-0.2, -0.15) is 13.2 Å². The third kappa shape index (κ3) is 7.20. The van der Waals surface area contributed by atoms with Crippen molar-refractivity contribution in [2.45, 2.75) is 31.9 Å². The number of amides is 2. The lowest BCUT2D eigenvalue weighted by Crippen LogP contribution is -2.19. The minimum Gasteiger partial charge on any atom is -0.306 e. The molecule has 12 heteroatoms. The van der Waals surface area contributed by atoms with Gasteiger partial charge < -0.3 is 10.6 Å². The van der Waals surface area contributed by atoms with E-state index in [1.807, 2.05) is 6.08 Å². The number of rotatable bonds is 8. The molecule has 3 aromatic rings. The number of carbonyl (C=O) groups is 2. The van der Waals surface area contributed by atoms with Crippen molar-refractivity contribution in [2.24, 2.45) is 0 Å². The Morgan fingerprint density at radius 1 is 1.11 bits per heavy atom. The van der Waals surface area contributed by atoms with E-state index in [9.17, 15) is 22.8 Å². The Labute approximate surface area is 215 Å². The highest BCUT2D eigenvalue weighted by Gasteiger charge is 2.33. The highest BCUT2D eigenvalue weighted by Crippen LogP contribution is 2.35. The van der Waals surface area contributed by atoms with Gasteiger partial charge in [-0.3, -0.25) is 19.5 Å². The molecule has 2 aromatic heterocycles. The SMILES string of the molecule is C[C@H](C(=O)Nc1ncc(C(F)(F)F)s1)c1cccc(-c2cnc(NC(=O)/C=C/CN3CCCC3)cn2)c1. The summed E-state index contributed by atoms with van der Waals surface area (Å²) in [5.74, 6) is -1.12. The van der Waals surface area contributed by atoms with E-state index in [4.69, 9.17) is 0 Å². The van der Waals surface area contributed by atoms with Crippen LogP contribution in [0.15, 0.2) is 55.0 Å². The molecule has 4 rings (SSSR count). The van der Waals surface area contributed by atoms with Crippen molar-refractivity contribution in [3.63, 3.8) is 0 Å². The number of hydrogen-bond donors (Lipinski definition) is 2. The maximum Gasteiger partial charge on any atom is 0.427 e. The fourth-order valence-electron chi connectivity index (χ4n) is 3.78. The molecule has 0 aliphatic carbocycles. The Morgan fingerprint density at radius 2 is 1.89 bits per heavy atom. The van der Waals surface area contributed by atoms with Gasteiger partial charge in [0, 0.05) is 18.2 Å². The van der Waals surface area contributed by atoms with Crippen LogP contribution in [0, 0.1) is 0 Å². The first-order valence-corrected chi connectivity index (χ1v) is 12.5. The van der Waals surface area contributed by atoms with E-state index in [-0.39, 0.29) is 11.0 Å². The lowest BCUT2D eigenvalue weighted by Gasteiger charge is -2.12. The summed E-state index contributed by atoms with van der Waals surface area (Å²) < 4.78 is 38.3. The normalized spacial score (nSPS) is 15.1. The molecule has 0 spiro atoms. The monoisotopic (exact) mass is 530 g/mol. The van der Waals surface area contributed by atoms with Gasteiger partial charge in [0.15, 0.2) is 10.9 Å².